The Morgan fingerprint density at radius 3 is 1.61 bits per heavy atom. The molecule has 12 aromatic rings. The number of aromatic nitrogens is 8. The Bertz CT molecular complexity index is 5120. The molecule has 20 rings (SSSR count). The van der Waals surface area contributed by atoms with Crippen LogP contribution < -0.4 is 0 Å². The molecule has 8 unspecified atom stereocenters. The van der Waals surface area contributed by atoms with E-state index in [0.717, 1.165) is 97.4 Å². The summed E-state index contributed by atoms with van der Waals surface area (Å²) in [6.45, 7) is 22.0. The van der Waals surface area contributed by atoms with Crippen molar-refractivity contribution in [2.45, 2.75) is 192 Å². The molecule has 548 valence electrons. The molecule has 106 heavy (non-hydrogen) atoms. The minimum absolute atomic E-state index is 0.0192. The van der Waals surface area contributed by atoms with E-state index in [-0.39, 0.29) is 12.6 Å². The zero-order valence-electron chi connectivity index (χ0n) is 62.5. The predicted octanol–water partition coefficient (Wildman–Crippen LogP) is 15.5. The molecule has 8 aliphatic rings. The van der Waals surface area contributed by atoms with E-state index in [0.29, 0.717) is 37.3 Å². The Morgan fingerprint density at radius 1 is 0.500 bits per heavy atom. The summed E-state index contributed by atoms with van der Waals surface area (Å²) in [7, 11) is 0. The molecular formula is C90H104N12O4. The van der Waals surface area contributed by atoms with Crippen molar-refractivity contribution in [2.24, 2.45) is 0 Å². The van der Waals surface area contributed by atoms with Crippen molar-refractivity contribution in [3.8, 4) is 0 Å². The van der Waals surface area contributed by atoms with E-state index in [2.05, 4.69) is 170 Å². The van der Waals surface area contributed by atoms with E-state index < -0.39 is 17.8 Å². The molecule has 0 aliphatic carbocycles. The molecule has 8 aliphatic heterocycles. The number of nitrogens with zero attached hydrogens (tertiary/aromatic N) is 12. The highest BCUT2D eigenvalue weighted by Gasteiger charge is 2.41. The first kappa shape index (κ1) is 70.3. The van der Waals surface area contributed by atoms with Crippen LogP contribution in [0.25, 0.3) is 43.6 Å². The van der Waals surface area contributed by atoms with Gasteiger partial charge in [0.15, 0.2) is 0 Å². The molecule has 0 amide bonds. The third-order valence-electron chi connectivity index (χ3n) is 25.5. The number of hydrogen-bond acceptors (Lipinski definition) is 12. The highest BCUT2D eigenvalue weighted by Crippen LogP contribution is 2.49. The van der Waals surface area contributed by atoms with Crippen molar-refractivity contribution in [1.29, 1.82) is 0 Å². The first-order chi connectivity index (χ1) is 51.8. The minimum atomic E-state index is -0.948. The van der Waals surface area contributed by atoms with E-state index in [1.807, 2.05) is 56.4 Å². The summed E-state index contributed by atoms with van der Waals surface area (Å²) < 4.78 is 9.70. The van der Waals surface area contributed by atoms with Crippen LogP contribution in [-0.2, 0) is 63.9 Å². The van der Waals surface area contributed by atoms with Gasteiger partial charge in [-0.05, 0) is 235 Å². The number of aliphatic hydroxyl groups excluding tert-OH is 3. The van der Waals surface area contributed by atoms with Gasteiger partial charge in [0.2, 0.25) is 0 Å². The standard InChI is InChI=1S/C23H27N3O2.C23H27N3O.C22H25N3O.C22H25N3/c1-15-4-5-19-22(17(15)14-27)23-18-3-2-11-25(18)12-8-20(23)26(19)13-21(28)16-6-9-24-10-7-16;1-15-5-6-19-18(14-15)22-20-4-3-12-25(20)13-9-21(22)26(19)16(2)23(27)17-7-10-24-11-8-17;1-22(26,16-6-4-11-23-14-16)15-25-18-8-3-2-7-17(18)21-19-9-5-12-24(19)13-10-20(21)25;1-16-8-9-17(15-23-16)10-14-25-19-6-3-2-5-18(19)22-20-7-4-12-24(20)13-11-21(22)25/h4-7,9-10,18,21,27-28H,2-3,8,11-14H2,1H3;5-8,10-11,14,16,20,23,27H,3-4,9,12-13H2,1-2H3;2-4,6-8,11,14,19,26H,5,9-10,12-13,15H2,1H3;2-3,5-6,8-9,15,20H,4,7,10-14H2,1H3. The Labute approximate surface area is 623 Å². The molecule has 0 saturated carbocycles. The van der Waals surface area contributed by atoms with Crippen LogP contribution in [0.5, 0.6) is 0 Å². The average molecular weight is 1420 g/mol. The third kappa shape index (κ3) is 13.0. The number of aryl methyl sites for hydroxylation is 5. The Morgan fingerprint density at radius 2 is 1.04 bits per heavy atom. The van der Waals surface area contributed by atoms with E-state index in [1.165, 1.54) is 167 Å². The Balaban J connectivity index is 0.000000104. The maximum absolute atomic E-state index is 11.2. The van der Waals surface area contributed by atoms with Crippen molar-refractivity contribution in [3.63, 3.8) is 0 Å². The normalized spacial score (nSPS) is 21.1. The lowest BCUT2D eigenvalue weighted by Gasteiger charge is -2.32. The summed E-state index contributed by atoms with van der Waals surface area (Å²) in [5.41, 5.74) is 24.5. The number of pyridine rings is 4. The SMILES string of the molecule is CC(O)(Cn1c2c(c3ccccc31)C1CCCN1CC2)c1cccnc1.Cc1ccc(CCn2c3c(c4ccccc42)C2CCCN2CC3)cn1.Cc1ccc2c(c1)c1c(n2C(C)C(O)c2ccncc2)CCN2CCCC12.Cc1ccc2c(c1CO)c1c(n2CC(O)c2ccncc2)CCN2CCCC12. The number of aliphatic hydroxyl groups is 4. The average Bonchev–Trinajstić information content (AvgIpc) is 1.59. The summed E-state index contributed by atoms with van der Waals surface area (Å²) in [5, 5.41) is 48.8. The highest BCUT2D eigenvalue weighted by atomic mass is 16.3. The molecule has 0 bridgehead atoms. The molecule has 8 aromatic heterocycles. The first-order valence-electron chi connectivity index (χ1n) is 39.5. The molecule has 4 aromatic carbocycles. The highest BCUT2D eigenvalue weighted by molar-refractivity contribution is 5.92. The van der Waals surface area contributed by atoms with Crippen LogP contribution >= 0.6 is 0 Å². The van der Waals surface area contributed by atoms with Gasteiger partial charge in [0, 0.05) is 204 Å². The van der Waals surface area contributed by atoms with Gasteiger partial charge < -0.3 is 38.7 Å². The zero-order chi connectivity index (χ0) is 72.3. The lowest BCUT2D eigenvalue weighted by molar-refractivity contribution is 0.0380. The fourth-order valence-corrected chi connectivity index (χ4v) is 20.3. The van der Waals surface area contributed by atoms with Gasteiger partial charge in [-0.15, -0.1) is 0 Å². The number of rotatable bonds is 13. The minimum Gasteiger partial charge on any atom is -0.392 e. The molecule has 16 heterocycles. The molecule has 0 spiro atoms. The quantitative estimate of drug-likeness (QED) is 0.0865. The Hall–Kier alpha value is -8.68. The van der Waals surface area contributed by atoms with Crippen LogP contribution in [0.15, 0.2) is 171 Å². The second-order valence-corrected chi connectivity index (χ2v) is 31.7. The van der Waals surface area contributed by atoms with Crippen molar-refractivity contribution in [3.05, 3.63) is 260 Å². The zero-order valence-corrected chi connectivity index (χ0v) is 62.5. The fraction of sp³-hybridized carbons (Fsp3) is 0.422. The molecule has 4 N–H and O–H groups in total. The fourth-order valence-electron chi connectivity index (χ4n) is 20.3. The summed E-state index contributed by atoms with van der Waals surface area (Å²) in [5.74, 6) is 0. The van der Waals surface area contributed by atoms with Gasteiger partial charge in [-0.2, -0.15) is 0 Å². The molecule has 16 nitrogen and oxygen atoms in total. The van der Waals surface area contributed by atoms with Gasteiger partial charge in [-0.1, -0.05) is 66.2 Å². The second-order valence-electron chi connectivity index (χ2n) is 31.7. The number of hydrogen-bond donors (Lipinski definition) is 4. The van der Waals surface area contributed by atoms with Crippen LogP contribution in [0.2, 0.25) is 0 Å². The van der Waals surface area contributed by atoms with Gasteiger partial charge in [0.1, 0.15) is 5.60 Å². The maximum atomic E-state index is 11.2. The van der Waals surface area contributed by atoms with Crippen molar-refractivity contribution in [2.75, 3.05) is 52.4 Å². The monoisotopic (exact) mass is 1420 g/mol. The molecule has 4 saturated heterocycles. The van der Waals surface area contributed by atoms with E-state index in [1.54, 1.807) is 48.4 Å². The largest absolute Gasteiger partial charge is 0.392 e. The van der Waals surface area contributed by atoms with Gasteiger partial charge in [0.25, 0.3) is 0 Å². The van der Waals surface area contributed by atoms with Crippen LogP contribution in [0, 0.1) is 20.8 Å². The summed E-state index contributed by atoms with van der Waals surface area (Å²) >= 11 is 0. The van der Waals surface area contributed by atoms with Crippen LogP contribution in [-0.4, -0.2) is 131 Å². The van der Waals surface area contributed by atoms with Crippen molar-refractivity contribution in [1.82, 2.24) is 57.8 Å². The number of para-hydroxylation sites is 2. The Kier molecular flexibility index (Phi) is 19.8. The van der Waals surface area contributed by atoms with Gasteiger partial charge in [0.05, 0.1) is 37.9 Å². The van der Waals surface area contributed by atoms with Crippen LogP contribution in [0.4, 0.5) is 0 Å². The van der Waals surface area contributed by atoms with E-state index >= 15 is 0 Å². The lowest BCUT2D eigenvalue weighted by Crippen LogP contribution is -2.33. The molecule has 8 atom stereocenters. The van der Waals surface area contributed by atoms with Gasteiger partial charge in [-0.3, -0.25) is 39.5 Å². The van der Waals surface area contributed by atoms with Crippen LogP contribution in [0.1, 0.15) is 197 Å². The van der Waals surface area contributed by atoms with Crippen molar-refractivity contribution >= 4 is 43.6 Å². The number of fused-ring (bicyclic) bond motifs is 20. The number of benzene rings is 4. The van der Waals surface area contributed by atoms with E-state index in [9.17, 15) is 20.4 Å². The second kappa shape index (κ2) is 29.8. The topological polar surface area (TPSA) is 165 Å². The molecule has 4 fully saturated rings. The first-order valence-corrected chi connectivity index (χ1v) is 39.5. The van der Waals surface area contributed by atoms with Crippen LogP contribution in [0.3, 0.4) is 0 Å². The lowest BCUT2D eigenvalue weighted by atomic mass is 9.92. The summed E-state index contributed by atoms with van der Waals surface area (Å²) in [6.07, 6.45) is 26.9. The molecular weight excluding hydrogens is 1310 g/mol. The van der Waals surface area contributed by atoms with Gasteiger partial charge >= 0.3 is 0 Å². The molecule has 0 radical (unpaired) electrons. The summed E-state index contributed by atoms with van der Waals surface area (Å²) in [6, 6.07) is 46.7. The van der Waals surface area contributed by atoms with Gasteiger partial charge in [-0.25, -0.2) is 0 Å². The summed E-state index contributed by atoms with van der Waals surface area (Å²) in [4.78, 5) is 27.4. The maximum Gasteiger partial charge on any atom is 0.106 e. The van der Waals surface area contributed by atoms with E-state index in [4.69, 9.17) is 0 Å². The smallest absolute Gasteiger partial charge is 0.106 e. The predicted molar refractivity (Wildman–Crippen MR) is 422 cm³/mol. The molecule has 16 heteroatoms. The third-order valence-corrected chi connectivity index (χ3v) is 25.5. The van der Waals surface area contributed by atoms with Crippen molar-refractivity contribution < 1.29 is 20.4 Å².